The van der Waals surface area contributed by atoms with Gasteiger partial charge < -0.3 is 20.5 Å². The molecule has 4 nitrogen and oxygen atoms in total. The van der Waals surface area contributed by atoms with Crippen molar-refractivity contribution in [1.82, 2.24) is 4.90 Å². The van der Waals surface area contributed by atoms with Crippen LogP contribution in [-0.2, 0) is 6.54 Å². The Labute approximate surface area is 103 Å². The summed E-state index contributed by atoms with van der Waals surface area (Å²) in [5, 5.41) is 9.07. The first-order chi connectivity index (χ1) is 8.08. The van der Waals surface area contributed by atoms with Gasteiger partial charge in [0.2, 0.25) is 0 Å². The standard InChI is InChI=1S/C13H22N2O2/c1-4-17-13-6-5-10(12(14)9-16)7-11(13)8-15(2)3/h5-7,12,16H,4,8-9,14H2,1-3H3/t12-/m1/s1. The molecule has 0 bridgehead atoms. The molecule has 0 fully saturated rings. The second kappa shape index (κ2) is 6.59. The summed E-state index contributed by atoms with van der Waals surface area (Å²) < 4.78 is 5.58. The molecule has 0 heterocycles. The minimum Gasteiger partial charge on any atom is -0.494 e. The van der Waals surface area contributed by atoms with Crippen LogP contribution < -0.4 is 10.5 Å². The van der Waals surface area contributed by atoms with Gasteiger partial charge in [-0.2, -0.15) is 0 Å². The molecule has 0 saturated carbocycles. The molecule has 96 valence electrons. The molecule has 17 heavy (non-hydrogen) atoms. The summed E-state index contributed by atoms with van der Waals surface area (Å²) in [6, 6.07) is 5.51. The molecule has 0 radical (unpaired) electrons. The molecule has 0 saturated heterocycles. The zero-order chi connectivity index (χ0) is 12.8. The van der Waals surface area contributed by atoms with E-state index in [0.29, 0.717) is 6.61 Å². The van der Waals surface area contributed by atoms with Crippen LogP contribution in [0.5, 0.6) is 5.75 Å². The van der Waals surface area contributed by atoms with E-state index in [2.05, 4.69) is 4.90 Å². The van der Waals surface area contributed by atoms with E-state index in [9.17, 15) is 0 Å². The van der Waals surface area contributed by atoms with E-state index in [-0.39, 0.29) is 12.6 Å². The Morgan fingerprint density at radius 1 is 1.41 bits per heavy atom. The number of rotatable bonds is 6. The zero-order valence-corrected chi connectivity index (χ0v) is 10.8. The van der Waals surface area contributed by atoms with Crippen molar-refractivity contribution < 1.29 is 9.84 Å². The van der Waals surface area contributed by atoms with Crippen LogP contribution in [0.4, 0.5) is 0 Å². The van der Waals surface area contributed by atoms with E-state index in [1.165, 1.54) is 0 Å². The maximum absolute atomic E-state index is 9.07. The van der Waals surface area contributed by atoms with Gasteiger partial charge in [0.15, 0.2) is 0 Å². The summed E-state index contributed by atoms with van der Waals surface area (Å²) in [7, 11) is 4.02. The van der Waals surface area contributed by atoms with Gasteiger partial charge in [0.05, 0.1) is 19.3 Å². The van der Waals surface area contributed by atoms with E-state index >= 15 is 0 Å². The van der Waals surface area contributed by atoms with Crippen LogP contribution >= 0.6 is 0 Å². The first kappa shape index (κ1) is 14.0. The van der Waals surface area contributed by atoms with Gasteiger partial charge in [-0.15, -0.1) is 0 Å². The fourth-order valence-electron chi connectivity index (χ4n) is 1.70. The number of hydrogen-bond donors (Lipinski definition) is 2. The molecule has 1 aromatic carbocycles. The Morgan fingerprint density at radius 2 is 2.12 bits per heavy atom. The van der Waals surface area contributed by atoms with Gasteiger partial charge >= 0.3 is 0 Å². The lowest BCUT2D eigenvalue weighted by atomic mass is 10.0. The summed E-state index contributed by atoms with van der Waals surface area (Å²) in [5.74, 6) is 0.884. The van der Waals surface area contributed by atoms with Crippen molar-refractivity contribution in [1.29, 1.82) is 0 Å². The first-order valence-corrected chi connectivity index (χ1v) is 5.85. The van der Waals surface area contributed by atoms with Gasteiger partial charge in [-0.25, -0.2) is 0 Å². The fourth-order valence-corrected chi connectivity index (χ4v) is 1.70. The van der Waals surface area contributed by atoms with Crippen molar-refractivity contribution >= 4 is 0 Å². The molecule has 0 aliphatic heterocycles. The zero-order valence-electron chi connectivity index (χ0n) is 10.8. The van der Waals surface area contributed by atoms with Crippen molar-refractivity contribution in [2.24, 2.45) is 5.73 Å². The molecule has 0 unspecified atom stereocenters. The number of nitrogens with zero attached hydrogens (tertiary/aromatic N) is 1. The van der Waals surface area contributed by atoms with Crippen LogP contribution in [-0.4, -0.2) is 37.3 Å². The number of hydrogen-bond acceptors (Lipinski definition) is 4. The topological polar surface area (TPSA) is 58.7 Å². The molecule has 3 N–H and O–H groups in total. The van der Waals surface area contributed by atoms with E-state index < -0.39 is 0 Å². The van der Waals surface area contributed by atoms with Crippen molar-refractivity contribution in [2.45, 2.75) is 19.5 Å². The molecular formula is C13H22N2O2. The predicted molar refractivity (Wildman–Crippen MR) is 69.0 cm³/mol. The quantitative estimate of drug-likeness (QED) is 0.780. The lowest BCUT2D eigenvalue weighted by Gasteiger charge is -2.17. The number of aliphatic hydroxyl groups is 1. The van der Waals surface area contributed by atoms with E-state index in [1.54, 1.807) is 0 Å². The normalized spacial score (nSPS) is 12.8. The van der Waals surface area contributed by atoms with Crippen molar-refractivity contribution in [3.8, 4) is 5.75 Å². The number of ether oxygens (including phenoxy) is 1. The van der Waals surface area contributed by atoms with Crippen LogP contribution in [0.3, 0.4) is 0 Å². The van der Waals surface area contributed by atoms with Gasteiger partial charge in [0, 0.05) is 12.1 Å². The summed E-state index contributed by atoms with van der Waals surface area (Å²) in [6.45, 7) is 3.36. The highest BCUT2D eigenvalue weighted by Gasteiger charge is 2.10. The highest BCUT2D eigenvalue weighted by molar-refractivity contribution is 5.38. The third-order valence-corrected chi connectivity index (χ3v) is 2.50. The average molecular weight is 238 g/mol. The Bertz CT molecular complexity index is 353. The van der Waals surface area contributed by atoms with Crippen molar-refractivity contribution in [3.05, 3.63) is 29.3 Å². The molecule has 0 amide bonds. The number of benzene rings is 1. The maximum atomic E-state index is 9.07. The smallest absolute Gasteiger partial charge is 0.123 e. The molecule has 1 rings (SSSR count). The second-order valence-corrected chi connectivity index (χ2v) is 4.33. The number of nitrogens with two attached hydrogens (primary N) is 1. The first-order valence-electron chi connectivity index (χ1n) is 5.85. The van der Waals surface area contributed by atoms with Gasteiger partial charge in [-0.3, -0.25) is 0 Å². The molecule has 4 heteroatoms. The van der Waals surface area contributed by atoms with Crippen LogP contribution in [0.25, 0.3) is 0 Å². The summed E-state index contributed by atoms with van der Waals surface area (Å²) in [6.07, 6.45) is 0. The van der Waals surface area contributed by atoms with E-state index in [1.807, 2.05) is 39.2 Å². The van der Waals surface area contributed by atoms with Gasteiger partial charge in [-0.05, 0) is 38.7 Å². The Balaban J connectivity index is 3.00. The van der Waals surface area contributed by atoms with Crippen LogP contribution in [0, 0.1) is 0 Å². The minimum absolute atomic E-state index is 0.0462. The lowest BCUT2D eigenvalue weighted by molar-refractivity contribution is 0.267. The highest BCUT2D eigenvalue weighted by Crippen LogP contribution is 2.23. The average Bonchev–Trinajstić information content (AvgIpc) is 2.30. The third kappa shape index (κ3) is 4.00. The molecule has 1 aromatic rings. The molecule has 0 spiro atoms. The van der Waals surface area contributed by atoms with Crippen LogP contribution in [0.15, 0.2) is 18.2 Å². The highest BCUT2D eigenvalue weighted by atomic mass is 16.5. The van der Waals surface area contributed by atoms with Crippen LogP contribution in [0.2, 0.25) is 0 Å². The van der Waals surface area contributed by atoms with Gasteiger partial charge in [0.25, 0.3) is 0 Å². The Kier molecular flexibility index (Phi) is 5.41. The van der Waals surface area contributed by atoms with Crippen molar-refractivity contribution in [3.63, 3.8) is 0 Å². The van der Waals surface area contributed by atoms with Gasteiger partial charge in [-0.1, -0.05) is 6.07 Å². The Hall–Kier alpha value is -1.10. The molecule has 0 aliphatic rings. The van der Waals surface area contributed by atoms with Gasteiger partial charge in [0.1, 0.15) is 5.75 Å². The Morgan fingerprint density at radius 3 is 2.65 bits per heavy atom. The van der Waals surface area contributed by atoms with E-state index in [4.69, 9.17) is 15.6 Å². The summed E-state index contributed by atoms with van der Waals surface area (Å²) in [4.78, 5) is 2.08. The second-order valence-electron chi connectivity index (χ2n) is 4.33. The molecule has 1 atom stereocenters. The SMILES string of the molecule is CCOc1ccc([C@H](N)CO)cc1CN(C)C. The van der Waals surface area contributed by atoms with Crippen LogP contribution in [0.1, 0.15) is 24.1 Å². The largest absolute Gasteiger partial charge is 0.494 e. The maximum Gasteiger partial charge on any atom is 0.123 e. The predicted octanol–water partition coefficient (Wildman–Crippen LogP) is 1.14. The lowest BCUT2D eigenvalue weighted by Crippen LogP contribution is -2.16. The molecule has 0 aliphatic carbocycles. The minimum atomic E-state index is -0.327. The molecular weight excluding hydrogens is 216 g/mol. The summed E-state index contributed by atoms with van der Waals surface area (Å²) in [5.41, 5.74) is 7.85. The fraction of sp³-hybridized carbons (Fsp3) is 0.538. The van der Waals surface area contributed by atoms with E-state index in [0.717, 1.165) is 23.4 Å². The van der Waals surface area contributed by atoms with Crippen molar-refractivity contribution in [2.75, 3.05) is 27.3 Å². The monoisotopic (exact) mass is 238 g/mol. The molecule has 0 aromatic heterocycles. The third-order valence-electron chi connectivity index (χ3n) is 2.50. The summed E-state index contributed by atoms with van der Waals surface area (Å²) >= 11 is 0. The number of aliphatic hydroxyl groups excluding tert-OH is 1.